The van der Waals surface area contributed by atoms with E-state index in [9.17, 15) is 0 Å². The average molecular weight is 266 g/mol. The van der Waals surface area contributed by atoms with E-state index in [4.69, 9.17) is 0 Å². The summed E-state index contributed by atoms with van der Waals surface area (Å²) in [5.74, 6) is 2.68. The second kappa shape index (κ2) is 5.97. The van der Waals surface area contributed by atoms with Crippen molar-refractivity contribution in [2.45, 2.75) is 23.9 Å². The molecule has 0 spiro atoms. The van der Waals surface area contributed by atoms with Crippen LogP contribution in [-0.2, 0) is 5.75 Å². The van der Waals surface area contributed by atoms with E-state index < -0.39 is 0 Å². The van der Waals surface area contributed by atoms with Crippen LogP contribution in [0, 0.1) is 6.92 Å². The fraction of sp³-hybridized carbons (Fsp3) is 0.364. The molecule has 0 saturated heterocycles. The third-order valence-corrected chi connectivity index (χ3v) is 4.05. The van der Waals surface area contributed by atoms with Gasteiger partial charge >= 0.3 is 0 Å². The van der Waals surface area contributed by atoms with Crippen LogP contribution in [0.2, 0.25) is 0 Å². The van der Waals surface area contributed by atoms with E-state index in [2.05, 4.69) is 32.6 Å². The van der Waals surface area contributed by atoms with Crippen LogP contribution in [-0.4, -0.2) is 20.9 Å². The van der Waals surface area contributed by atoms with Gasteiger partial charge < -0.3 is 5.32 Å². The summed E-state index contributed by atoms with van der Waals surface area (Å²) in [7, 11) is 0. The number of aromatic nitrogens is 3. The van der Waals surface area contributed by atoms with Gasteiger partial charge in [0.1, 0.15) is 11.6 Å². The molecule has 0 radical (unpaired) electrons. The van der Waals surface area contributed by atoms with E-state index >= 15 is 0 Å². The zero-order valence-electron chi connectivity index (χ0n) is 9.80. The first-order valence-corrected chi connectivity index (χ1v) is 7.15. The van der Waals surface area contributed by atoms with E-state index in [0.29, 0.717) is 0 Å². The SMILES string of the molecule is CCNc1cc(CSc2nc(C)ns2)ccn1. The maximum atomic E-state index is 4.32. The summed E-state index contributed by atoms with van der Waals surface area (Å²) in [6.45, 7) is 4.86. The van der Waals surface area contributed by atoms with Gasteiger partial charge in [0.05, 0.1) is 0 Å². The van der Waals surface area contributed by atoms with E-state index in [1.54, 1.807) is 11.8 Å². The van der Waals surface area contributed by atoms with Crippen molar-refractivity contribution in [1.29, 1.82) is 0 Å². The number of thioether (sulfide) groups is 1. The second-order valence-electron chi connectivity index (χ2n) is 3.48. The summed E-state index contributed by atoms with van der Waals surface area (Å²) in [4.78, 5) is 8.57. The Labute approximate surface area is 109 Å². The highest BCUT2D eigenvalue weighted by molar-refractivity contribution is 8.00. The molecule has 0 aliphatic rings. The lowest BCUT2D eigenvalue weighted by atomic mass is 10.3. The molecular weight excluding hydrogens is 252 g/mol. The maximum Gasteiger partial charge on any atom is 0.170 e. The van der Waals surface area contributed by atoms with Gasteiger partial charge in [-0.3, -0.25) is 0 Å². The lowest BCUT2D eigenvalue weighted by Gasteiger charge is -2.04. The number of anilines is 1. The van der Waals surface area contributed by atoms with Gasteiger partial charge in [-0.2, -0.15) is 4.37 Å². The number of nitrogens with one attached hydrogen (secondary N) is 1. The van der Waals surface area contributed by atoms with Crippen LogP contribution in [0.5, 0.6) is 0 Å². The van der Waals surface area contributed by atoms with Crippen molar-refractivity contribution in [3.8, 4) is 0 Å². The minimum absolute atomic E-state index is 0.848. The molecule has 2 heterocycles. The number of hydrogen-bond donors (Lipinski definition) is 1. The van der Waals surface area contributed by atoms with Crippen molar-refractivity contribution < 1.29 is 0 Å². The van der Waals surface area contributed by atoms with Crippen LogP contribution in [0.15, 0.2) is 22.7 Å². The monoisotopic (exact) mass is 266 g/mol. The van der Waals surface area contributed by atoms with Crippen LogP contribution in [0.1, 0.15) is 18.3 Å². The Balaban J connectivity index is 1.96. The third-order valence-electron chi connectivity index (χ3n) is 2.05. The molecule has 0 saturated carbocycles. The van der Waals surface area contributed by atoms with Gasteiger partial charge in [0.2, 0.25) is 0 Å². The van der Waals surface area contributed by atoms with Crippen molar-refractivity contribution in [3.05, 3.63) is 29.7 Å². The summed E-state index contributed by atoms with van der Waals surface area (Å²) >= 11 is 3.16. The van der Waals surface area contributed by atoms with Gasteiger partial charge in [-0.15, -0.1) is 0 Å². The average Bonchev–Trinajstić information content (AvgIpc) is 2.74. The van der Waals surface area contributed by atoms with Gasteiger partial charge in [0.15, 0.2) is 4.34 Å². The van der Waals surface area contributed by atoms with Crippen LogP contribution in [0.4, 0.5) is 5.82 Å². The van der Waals surface area contributed by atoms with Crippen LogP contribution in [0.25, 0.3) is 0 Å². The first-order chi connectivity index (χ1) is 8.28. The number of rotatable bonds is 5. The van der Waals surface area contributed by atoms with Gasteiger partial charge in [0, 0.05) is 18.5 Å². The Morgan fingerprint density at radius 2 is 2.35 bits per heavy atom. The molecule has 0 atom stereocenters. The zero-order chi connectivity index (χ0) is 12.1. The quantitative estimate of drug-likeness (QED) is 0.843. The highest BCUT2D eigenvalue weighted by Gasteiger charge is 2.02. The zero-order valence-corrected chi connectivity index (χ0v) is 11.4. The molecule has 90 valence electrons. The van der Waals surface area contributed by atoms with Crippen LogP contribution >= 0.6 is 23.3 Å². The molecule has 0 aliphatic carbocycles. The van der Waals surface area contributed by atoms with E-state index in [1.165, 1.54) is 17.1 Å². The number of hydrogen-bond acceptors (Lipinski definition) is 6. The topological polar surface area (TPSA) is 50.7 Å². The summed E-state index contributed by atoms with van der Waals surface area (Å²) in [5.41, 5.74) is 1.24. The lowest BCUT2D eigenvalue weighted by Crippen LogP contribution is -1.99. The fourth-order valence-corrected chi connectivity index (χ4v) is 2.91. The molecule has 0 aromatic carbocycles. The van der Waals surface area contributed by atoms with Gasteiger partial charge in [-0.05, 0) is 43.1 Å². The second-order valence-corrected chi connectivity index (χ2v) is 5.45. The van der Waals surface area contributed by atoms with Crippen molar-refractivity contribution in [2.75, 3.05) is 11.9 Å². The Morgan fingerprint density at radius 1 is 1.47 bits per heavy atom. The predicted molar refractivity (Wildman–Crippen MR) is 72.6 cm³/mol. The molecule has 0 amide bonds. The van der Waals surface area contributed by atoms with Gasteiger partial charge in [-0.25, -0.2) is 9.97 Å². The standard InChI is InChI=1S/C11H14N4S2/c1-3-12-10-6-9(4-5-13-10)7-16-11-14-8(2)15-17-11/h4-6H,3,7H2,1-2H3,(H,12,13). The smallest absolute Gasteiger partial charge is 0.170 e. The van der Waals surface area contributed by atoms with Crippen molar-refractivity contribution in [3.63, 3.8) is 0 Å². The predicted octanol–water partition coefficient (Wildman–Crippen LogP) is 2.97. The Hall–Kier alpha value is -1.14. The Kier molecular flexibility index (Phi) is 4.33. The minimum atomic E-state index is 0.848. The molecular formula is C11H14N4S2. The van der Waals surface area contributed by atoms with E-state index in [1.807, 2.05) is 19.2 Å². The van der Waals surface area contributed by atoms with Gasteiger partial charge in [-0.1, -0.05) is 11.8 Å². The summed E-state index contributed by atoms with van der Waals surface area (Å²) in [6.07, 6.45) is 1.83. The number of aryl methyl sites for hydroxylation is 1. The molecule has 1 N–H and O–H groups in total. The molecule has 0 fully saturated rings. The molecule has 2 rings (SSSR count). The molecule has 2 aromatic heterocycles. The molecule has 2 aromatic rings. The van der Waals surface area contributed by atoms with Crippen molar-refractivity contribution in [2.24, 2.45) is 0 Å². The van der Waals surface area contributed by atoms with Crippen LogP contribution in [0.3, 0.4) is 0 Å². The summed E-state index contributed by atoms with van der Waals surface area (Å²) in [6, 6.07) is 4.10. The molecule has 0 unspecified atom stereocenters. The van der Waals surface area contributed by atoms with Gasteiger partial charge in [0.25, 0.3) is 0 Å². The highest BCUT2D eigenvalue weighted by Crippen LogP contribution is 2.24. The van der Waals surface area contributed by atoms with Crippen molar-refractivity contribution >= 4 is 29.1 Å². The normalized spacial score (nSPS) is 10.5. The molecule has 0 aliphatic heterocycles. The first kappa shape index (κ1) is 12.3. The fourth-order valence-electron chi connectivity index (χ4n) is 1.32. The lowest BCUT2D eigenvalue weighted by molar-refractivity contribution is 1.10. The highest BCUT2D eigenvalue weighted by atomic mass is 32.2. The molecule has 4 nitrogen and oxygen atoms in total. The first-order valence-electron chi connectivity index (χ1n) is 5.40. The molecule has 0 bridgehead atoms. The van der Waals surface area contributed by atoms with Crippen molar-refractivity contribution in [1.82, 2.24) is 14.3 Å². The minimum Gasteiger partial charge on any atom is -0.370 e. The third kappa shape index (κ3) is 3.67. The summed E-state index contributed by atoms with van der Waals surface area (Å²) < 4.78 is 5.18. The number of pyridine rings is 1. The maximum absolute atomic E-state index is 4.32. The Morgan fingerprint density at radius 3 is 3.06 bits per heavy atom. The molecule has 6 heteroatoms. The van der Waals surface area contributed by atoms with Crippen LogP contribution < -0.4 is 5.32 Å². The largest absolute Gasteiger partial charge is 0.370 e. The molecule has 17 heavy (non-hydrogen) atoms. The van der Waals surface area contributed by atoms with E-state index in [-0.39, 0.29) is 0 Å². The van der Waals surface area contributed by atoms with E-state index in [0.717, 1.165) is 28.3 Å². The number of nitrogens with zero attached hydrogens (tertiary/aromatic N) is 3. The Bertz CT molecular complexity index is 484. The summed E-state index contributed by atoms with van der Waals surface area (Å²) in [5, 5.41) is 3.20.